The van der Waals surface area contributed by atoms with Gasteiger partial charge in [0.1, 0.15) is 17.8 Å². The number of benzene rings is 1. The maximum Gasteiger partial charge on any atom is 0.416 e. The lowest BCUT2D eigenvalue weighted by atomic mass is 9.86. The van der Waals surface area contributed by atoms with E-state index in [0.29, 0.717) is 74.3 Å². The summed E-state index contributed by atoms with van der Waals surface area (Å²) in [5.41, 5.74) is 0.916. The van der Waals surface area contributed by atoms with Gasteiger partial charge in [-0.05, 0) is 56.6 Å². The topological polar surface area (TPSA) is 79.8 Å². The number of nitrogens with zero attached hydrogens (tertiary/aromatic N) is 4. The minimum atomic E-state index is -4.37. The van der Waals surface area contributed by atoms with Crippen LogP contribution in [0.4, 0.5) is 19.0 Å². The largest absolute Gasteiger partial charge is 0.416 e. The number of piperidine rings is 2. The molecule has 3 aliphatic heterocycles. The highest BCUT2D eigenvalue weighted by Crippen LogP contribution is 2.39. The molecule has 0 radical (unpaired) electrons. The van der Waals surface area contributed by atoms with Crippen molar-refractivity contribution in [3.8, 4) is 0 Å². The minimum Gasteiger partial charge on any atom is -0.379 e. The molecular weight excluding hydrogens is 523 g/mol. The summed E-state index contributed by atoms with van der Waals surface area (Å²) in [5.74, 6) is 0.407. The maximum absolute atomic E-state index is 13.6. The van der Waals surface area contributed by atoms with Gasteiger partial charge in [-0.1, -0.05) is 18.2 Å². The summed E-state index contributed by atoms with van der Waals surface area (Å²) in [6, 6.07) is 6.43. The maximum atomic E-state index is 13.6. The van der Waals surface area contributed by atoms with E-state index in [1.165, 1.54) is 12.4 Å². The van der Waals surface area contributed by atoms with Crippen LogP contribution in [0.3, 0.4) is 0 Å². The van der Waals surface area contributed by atoms with E-state index in [1.807, 2.05) is 11.8 Å². The number of amides is 1. The molecule has 3 fully saturated rings. The number of alkyl halides is 3. The fraction of sp³-hybridized carbons (Fsp3) is 0.621. The van der Waals surface area contributed by atoms with E-state index < -0.39 is 11.7 Å². The summed E-state index contributed by atoms with van der Waals surface area (Å²) < 4.78 is 51.7. The van der Waals surface area contributed by atoms with Crippen LogP contribution in [-0.4, -0.2) is 85.5 Å². The zero-order valence-corrected chi connectivity index (χ0v) is 23.1. The van der Waals surface area contributed by atoms with E-state index >= 15 is 0 Å². The normalized spacial score (nSPS) is 23.4. The number of nitrogens with one attached hydrogen (secondary N) is 1. The molecule has 2 unspecified atom stereocenters. The third-order valence-corrected chi connectivity index (χ3v) is 8.60. The lowest BCUT2D eigenvalue weighted by Gasteiger charge is -2.38. The smallest absolute Gasteiger partial charge is 0.379 e. The summed E-state index contributed by atoms with van der Waals surface area (Å²) in [5, 5.41) is 3.71. The number of carbonyl (C=O) groups excluding carboxylic acids is 1. The van der Waals surface area contributed by atoms with Gasteiger partial charge in [-0.3, -0.25) is 4.79 Å². The van der Waals surface area contributed by atoms with Crippen LogP contribution in [0.2, 0.25) is 0 Å². The van der Waals surface area contributed by atoms with Crippen LogP contribution < -0.4 is 10.2 Å². The first-order chi connectivity index (χ1) is 19.3. The van der Waals surface area contributed by atoms with Crippen LogP contribution in [0.5, 0.6) is 0 Å². The molecule has 0 aliphatic carbocycles. The van der Waals surface area contributed by atoms with Crippen LogP contribution in [0.1, 0.15) is 65.2 Å². The minimum absolute atomic E-state index is 0.0416. The van der Waals surface area contributed by atoms with Crippen LogP contribution in [0.15, 0.2) is 30.6 Å². The Morgan fingerprint density at radius 3 is 2.48 bits per heavy atom. The van der Waals surface area contributed by atoms with E-state index in [1.54, 1.807) is 19.2 Å². The molecule has 40 heavy (non-hydrogen) atoms. The van der Waals surface area contributed by atoms with Gasteiger partial charge in [-0.2, -0.15) is 13.2 Å². The SMILES string of the molecule is COC1COCCC1NC1CCN(C(=O)c2ncnc(N3CCC(c4ccccc4C(F)(F)F)CC3)c2C)CC1. The second-order valence-corrected chi connectivity index (χ2v) is 11.0. The number of carbonyl (C=O) groups is 1. The third kappa shape index (κ3) is 6.26. The highest BCUT2D eigenvalue weighted by atomic mass is 19.4. The average Bonchev–Trinajstić information content (AvgIpc) is 2.97. The van der Waals surface area contributed by atoms with Crippen LogP contribution in [0.25, 0.3) is 0 Å². The van der Waals surface area contributed by atoms with Gasteiger partial charge in [0, 0.05) is 57.5 Å². The molecule has 1 aromatic heterocycles. The van der Waals surface area contributed by atoms with Gasteiger partial charge in [0.05, 0.1) is 18.3 Å². The Hall–Kier alpha value is -2.76. The van der Waals surface area contributed by atoms with E-state index in [9.17, 15) is 18.0 Å². The van der Waals surface area contributed by atoms with Crippen molar-refractivity contribution in [3.05, 3.63) is 53.0 Å². The molecule has 8 nitrogen and oxygen atoms in total. The zero-order chi connectivity index (χ0) is 28.3. The molecule has 2 atom stereocenters. The summed E-state index contributed by atoms with van der Waals surface area (Å²) in [6.45, 7) is 5.59. The number of aromatic nitrogens is 2. The van der Waals surface area contributed by atoms with Crippen LogP contribution >= 0.6 is 0 Å². The second-order valence-electron chi connectivity index (χ2n) is 11.0. The molecular formula is C29H38F3N5O3. The fourth-order valence-corrected chi connectivity index (χ4v) is 6.33. The van der Waals surface area contributed by atoms with Crippen LogP contribution in [0, 0.1) is 6.92 Å². The molecule has 3 aliphatic rings. The molecule has 1 amide bonds. The van der Waals surface area contributed by atoms with Crippen molar-refractivity contribution in [2.45, 2.75) is 69.3 Å². The molecule has 3 saturated heterocycles. The van der Waals surface area contributed by atoms with Gasteiger partial charge in [-0.25, -0.2) is 9.97 Å². The second kappa shape index (κ2) is 12.4. The van der Waals surface area contributed by atoms with E-state index in [-0.39, 0.29) is 24.0 Å². The Morgan fingerprint density at radius 1 is 1.05 bits per heavy atom. The number of hydrogen-bond donors (Lipinski definition) is 1. The lowest BCUT2D eigenvalue weighted by Crippen LogP contribution is -2.54. The van der Waals surface area contributed by atoms with E-state index in [4.69, 9.17) is 9.47 Å². The van der Waals surface area contributed by atoms with Gasteiger partial charge in [0.15, 0.2) is 0 Å². The molecule has 11 heteroatoms. The number of anilines is 1. The van der Waals surface area contributed by atoms with Gasteiger partial charge in [0.2, 0.25) is 0 Å². The predicted molar refractivity (Wildman–Crippen MR) is 144 cm³/mol. The Kier molecular flexibility index (Phi) is 8.92. The molecule has 0 bridgehead atoms. The first kappa shape index (κ1) is 28.8. The average molecular weight is 562 g/mol. The van der Waals surface area contributed by atoms with Gasteiger partial charge >= 0.3 is 6.18 Å². The first-order valence-corrected chi connectivity index (χ1v) is 14.1. The summed E-state index contributed by atoms with van der Waals surface area (Å²) >= 11 is 0. The zero-order valence-electron chi connectivity index (χ0n) is 23.1. The van der Waals surface area contributed by atoms with Crippen molar-refractivity contribution >= 4 is 11.7 Å². The van der Waals surface area contributed by atoms with Gasteiger partial charge in [-0.15, -0.1) is 0 Å². The van der Waals surface area contributed by atoms with Crippen molar-refractivity contribution in [1.82, 2.24) is 20.2 Å². The molecule has 0 saturated carbocycles. The van der Waals surface area contributed by atoms with E-state index in [0.717, 1.165) is 31.9 Å². The lowest BCUT2D eigenvalue weighted by molar-refractivity contribution is -0.138. The molecule has 218 valence electrons. The number of ether oxygens (including phenoxy) is 2. The Bertz CT molecular complexity index is 1160. The number of rotatable bonds is 6. The molecule has 1 aromatic carbocycles. The van der Waals surface area contributed by atoms with Crippen LogP contribution in [-0.2, 0) is 15.7 Å². The van der Waals surface area contributed by atoms with Crippen molar-refractivity contribution in [2.24, 2.45) is 0 Å². The van der Waals surface area contributed by atoms with Crippen molar-refractivity contribution < 1.29 is 27.4 Å². The predicted octanol–water partition coefficient (Wildman–Crippen LogP) is 4.19. The Balaban J connectivity index is 1.19. The monoisotopic (exact) mass is 561 g/mol. The quantitative estimate of drug-likeness (QED) is 0.567. The standard InChI is InChI=1S/C29H38F3N5O3/c1-19-26(28(38)37-14-9-21(10-15-37)35-24-11-16-40-17-25(24)39-2)33-18-34-27(19)36-12-7-20(8-13-36)22-5-3-4-6-23(22)29(30,31)32/h3-6,18,20-21,24-25,35H,7-17H2,1-2H3. The highest BCUT2D eigenvalue weighted by Gasteiger charge is 2.36. The van der Waals surface area contributed by atoms with Gasteiger partial charge in [0.25, 0.3) is 5.91 Å². The third-order valence-electron chi connectivity index (χ3n) is 8.60. The summed E-state index contributed by atoms with van der Waals surface area (Å²) in [4.78, 5) is 26.2. The molecule has 1 N–H and O–H groups in total. The number of halogens is 3. The fourth-order valence-electron chi connectivity index (χ4n) is 6.33. The molecule has 4 heterocycles. The summed E-state index contributed by atoms with van der Waals surface area (Å²) in [6.07, 6.45) is 0.868. The van der Waals surface area contributed by atoms with E-state index in [2.05, 4.69) is 20.2 Å². The number of likely N-dealkylation sites (tertiary alicyclic amines) is 1. The highest BCUT2D eigenvalue weighted by molar-refractivity contribution is 5.94. The van der Waals surface area contributed by atoms with Crippen molar-refractivity contribution in [1.29, 1.82) is 0 Å². The first-order valence-electron chi connectivity index (χ1n) is 14.1. The summed E-state index contributed by atoms with van der Waals surface area (Å²) in [7, 11) is 1.71. The molecule has 2 aromatic rings. The number of methoxy groups -OCH3 is 1. The van der Waals surface area contributed by atoms with Gasteiger partial charge < -0.3 is 24.6 Å². The molecule has 5 rings (SSSR count). The van der Waals surface area contributed by atoms with Crippen molar-refractivity contribution in [2.75, 3.05) is 51.4 Å². The Labute approximate surface area is 233 Å². The van der Waals surface area contributed by atoms with Crippen molar-refractivity contribution in [3.63, 3.8) is 0 Å². The number of hydrogen-bond acceptors (Lipinski definition) is 7. The molecule has 0 spiro atoms. The Morgan fingerprint density at radius 2 is 1.77 bits per heavy atom.